The van der Waals surface area contributed by atoms with Crippen molar-refractivity contribution in [2.75, 3.05) is 18.0 Å². The molecule has 13 heteroatoms. The molecule has 1 aliphatic heterocycles. The molecule has 7 N–H and O–H groups in total. The van der Waals surface area contributed by atoms with Crippen LogP contribution in [0, 0.1) is 5.82 Å². The molecular weight excluding hydrogens is 443 g/mol. The molecule has 0 bridgehead atoms. The molecule has 3 aromatic rings. The highest BCUT2D eigenvalue weighted by molar-refractivity contribution is 7.92. The van der Waals surface area contributed by atoms with Crippen LogP contribution in [0.1, 0.15) is 11.8 Å². The van der Waals surface area contributed by atoms with Gasteiger partial charge in [-0.25, -0.2) is 27.5 Å². The summed E-state index contributed by atoms with van der Waals surface area (Å²) in [5.41, 5.74) is 13.1. The molecule has 0 amide bonds. The largest absolute Gasteiger partial charge is 0.398 e. The first-order valence-corrected chi connectivity index (χ1v) is 11.0. The Balaban J connectivity index is 1.45. The predicted octanol–water partition coefficient (Wildman–Crippen LogP) is -0.0557. The fraction of sp³-hybridized carbons (Fsp3) is 0.263. The van der Waals surface area contributed by atoms with Crippen LogP contribution in [-0.4, -0.2) is 58.0 Å². The average Bonchev–Trinajstić information content (AvgIpc) is 3.28. The first-order chi connectivity index (χ1) is 15.2. The first kappa shape index (κ1) is 22.1. The smallest absolute Gasteiger partial charge is 0.233 e. The van der Waals surface area contributed by atoms with Gasteiger partial charge in [0.05, 0.1) is 12.0 Å². The van der Waals surface area contributed by atoms with Gasteiger partial charge in [-0.05, 0) is 35.9 Å². The second-order valence-electron chi connectivity index (χ2n) is 7.24. The summed E-state index contributed by atoms with van der Waals surface area (Å²) in [7, 11) is -3.95. The number of rotatable bonds is 6. The van der Waals surface area contributed by atoms with Gasteiger partial charge in [-0.3, -0.25) is 4.57 Å². The van der Waals surface area contributed by atoms with Crippen LogP contribution in [0.2, 0.25) is 0 Å². The lowest BCUT2D eigenvalue weighted by Gasteiger charge is -2.16. The van der Waals surface area contributed by atoms with E-state index in [1.807, 2.05) is 0 Å². The molecule has 4 rings (SSSR count). The molecule has 0 saturated carbocycles. The number of nitrogens with zero attached hydrogens (tertiary/aromatic N) is 3. The maximum absolute atomic E-state index is 13.1. The van der Waals surface area contributed by atoms with Crippen molar-refractivity contribution in [3.8, 4) is 0 Å². The molecule has 3 heterocycles. The van der Waals surface area contributed by atoms with Crippen LogP contribution in [0.15, 0.2) is 42.2 Å². The molecule has 32 heavy (non-hydrogen) atoms. The Morgan fingerprint density at radius 2 is 1.97 bits per heavy atom. The van der Waals surface area contributed by atoms with Gasteiger partial charge in [0, 0.05) is 23.8 Å². The molecule has 170 valence electrons. The molecule has 1 fully saturated rings. The minimum absolute atomic E-state index is 0.0822. The number of aliphatic hydroxyl groups is 2. The number of benzene rings is 1. The van der Waals surface area contributed by atoms with Gasteiger partial charge >= 0.3 is 0 Å². The van der Waals surface area contributed by atoms with Crippen LogP contribution in [-0.2, 0) is 14.8 Å². The fourth-order valence-electron chi connectivity index (χ4n) is 3.37. The third kappa shape index (κ3) is 4.28. The van der Waals surface area contributed by atoms with Crippen molar-refractivity contribution in [3.63, 3.8) is 0 Å². The Morgan fingerprint density at radius 3 is 2.72 bits per heavy atom. The Bertz CT molecular complexity index is 1280. The third-order valence-corrected chi connectivity index (χ3v) is 6.13. The number of sulfonamides is 1. The van der Waals surface area contributed by atoms with Crippen LogP contribution in [0.25, 0.3) is 17.2 Å². The number of fused-ring (bicyclic) bond motifs is 1. The van der Waals surface area contributed by atoms with Crippen molar-refractivity contribution in [2.45, 2.75) is 24.5 Å². The highest BCUT2D eigenvalue weighted by Gasteiger charge is 2.44. The van der Waals surface area contributed by atoms with Crippen molar-refractivity contribution >= 4 is 38.6 Å². The standard InChI is InChI=1S/C19H21FN6O5S/c20-11-2-1-10(13(22)7-11)4-6-32(29,30)25-8-14-16(27)17(28)19(31-14)26-9-24-15-12(21)3-5-23-18(15)26/h1-7,9,14,16-17,19,25,27-28H,8,22H2,(H2,21,23)/b6-4+/t14-,16-,17-,19-/m1/s1. The van der Waals surface area contributed by atoms with E-state index >= 15 is 0 Å². The number of ether oxygens (including phenoxy) is 1. The van der Waals surface area contributed by atoms with Gasteiger partial charge in [0.1, 0.15) is 29.6 Å². The maximum atomic E-state index is 13.1. The molecule has 1 aliphatic rings. The highest BCUT2D eigenvalue weighted by atomic mass is 32.2. The summed E-state index contributed by atoms with van der Waals surface area (Å²) in [6.45, 7) is -0.317. The second kappa shape index (κ2) is 8.44. The molecule has 11 nitrogen and oxygen atoms in total. The number of imidazole rings is 1. The quantitative estimate of drug-likeness (QED) is 0.313. The normalized spacial score (nSPS) is 24.0. The van der Waals surface area contributed by atoms with E-state index in [1.54, 1.807) is 6.07 Å². The summed E-state index contributed by atoms with van der Waals surface area (Å²) in [4.78, 5) is 8.32. The summed E-state index contributed by atoms with van der Waals surface area (Å²) >= 11 is 0. The number of nitrogens with one attached hydrogen (secondary N) is 1. The number of halogens is 1. The van der Waals surface area contributed by atoms with Crippen LogP contribution in [0.4, 0.5) is 15.8 Å². The van der Waals surface area contributed by atoms with Gasteiger partial charge in [-0.1, -0.05) is 0 Å². The Hall–Kier alpha value is -3.10. The lowest BCUT2D eigenvalue weighted by atomic mass is 10.1. The summed E-state index contributed by atoms with van der Waals surface area (Å²) in [6, 6.07) is 5.15. The molecule has 0 radical (unpaired) electrons. The van der Waals surface area contributed by atoms with E-state index in [2.05, 4.69) is 14.7 Å². The molecular formula is C19H21FN6O5S. The van der Waals surface area contributed by atoms with Crippen LogP contribution < -0.4 is 16.2 Å². The second-order valence-corrected chi connectivity index (χ2v) is 8.89. The Morgan fingerprint density at radius 1 is 1.19 bits per heavy atom. The molecule has 0 aliphatic carbocycles. The topological polar surface area (TPSA) is 179 Å². The van der Waals surface area contributed by atoms with Crippen molar-refractivity contribution in [2.24, 2.45) is 0 Å². The van der Waals surface area contributed by atoms with E-state index in [0.29, 0.717) is 22.4 Å². The van der Waals surface area contributed by atoms with E-state index < -0.39 is 40.4 Å². The summed E-state index contributed by atoms with van der Waals surface area (Å²) < 4.78 is 47.1. The lowest BCUT2D eigenvalue weighted by molar-refractivity contribution is -0.0329. The molecule has 0 unspecified atom stereocenters. The van der Waals surface area contributed by atoms with Crippen molar-refractivity contribution in [1.29, 1.82) is 0 Å². The van der Waals surface area contributed by atoms with E-state index in [1.165, 1.54) is 29.2 Å². The van der Waals surface area contributed by atoms with Gasteiger partial charge in [0.2, 0.25) is 10.0 Å². The monoisotopic (exact) mass is 464 g/mol. The molecule has 0 spiro atoms. The highest BCUT2D eigenvalue weighted by Crippen LogP contribution is 2.32. The predicted molar refractivity (Wildman–Crippen MR) is 115 cm³/mol. The molecule has 1 aromatic carbocycles. The van der Waals surface area contributed by atoms with Crippen molar-refractivity contribution in [1.82, 2.24) is 19.3 Å². The van der Waals surface area contributed by atoms with E-state index in [9.17, 15) is 23.0 Å². The van der Waals surface area contributed by atoms with E-state index in [-0.39, 0.29) is 12.2 Å². The van der Waals surface area contributed by atoms with Crippen LogP contribution in [0.3, 0.4) is 0 Å². The van der Waals surface area contributed by atoms with Gasteiger partial charge in [0.15, 0.2) is 11.9 Å². The lowest BCUT2D eigenvalue weighted by Crippen LogP contribution is -2.39. The zero-order chi connectivity index (χ0) is 23.0. The fourth-order valence-corrected chi connectivity index (χ4v) is 4.19. The summed E-state index contributed by atoms with van der Waals surface area (Å²) in [6.07, 6.45) is -0.774. The Labute approximate surface area is 182 Å². The van der Waals surface area contributed by atoms with Crippen molar-refractivity contribution in [3.05, 3.63) is 53.6 Å². The zero-order valence-electron chi connectivity index (χ0n) is 16.5. The molecule has 1 saturated heterocycles. The minimum Gasteiger partial charge on any atom is -0.398 e. The number of nitrogen functional groups attached to an aromatic ring is 2. The molecule has 4 atom stereocenters. The van der Waals surface area contributed by atoms with Gasteiger partial charge < -0.3 is 26.4 Å². The van der Waals surface area contributed by atoms with Gasteiger partial charge in [-0.15, -0.1) is 0 Å². The number of nitrogens with two attached hydrogens (primary N) is 2. The van der Waals surface area contributed by atoms with Crippen LogP contribution in [0.5, 0.6) is 0 Å². The molecule has 2 aromatic heterocycles. The number of aromatic nitrogens is 3. The summed E-state index contributed by atoms with van der Waals surface area (Å²) in [5, 5.41) is 21.7. The van der Waals surface area contributed by atoms with E-state index in [0.717, 1.165) is 17.5 Å². The van der Waals surface area contributed by atoms with Crippen molar-refractivity contribution < 1.29 is 27.8 Å². The Kier molecular flexibility index (Phi) is 5.83. The third-order valence-electron chi connectivity index (χ3n) is 5.06. The average molecular weight is 464 g/mol. The van der Waals surface area contributed by atoms with Crippen LogP contribution >= 0.6 is 0 Å². The number of hydrogen-bond donors (Lipinski definition) is 5. The van der Waals surface area contributed by atoms with Gasteiger partial charge in [0.25, 0.3) is 0 Å². The SMILES string of the molecule is Nc1cc(F)ccc1/C=C/S(=O)(=O)NC[C@H]1O[C@@H](n2cnc3c(N)ccnc32)[C@H](O)[C@@H]1O. The van der Waals surface area contributed by atoms with E-state index in [4.69, 9.17) is 16.2 Å². The first-order valence-electron chi connectivity index (χ1n) is 9.47. The summed E-state index contributed by atoms with van der Waals surface area (Å²) in [5.74, 6) is -0.537. The number of aliphatic hydroxyl groups excluding tert-OH is 2. The number of hydrogen-bond acceptors (Lipinski definition) is 9. The van der Waals surface area contributed by atoms with Gasteiger partial charge in [-0.2, -0.15) is 0 Å². The minimum atomic E-state index is -3.95. The zero-order valence-corrected chi connectivity index (χ0v) is 17.4. The number of anilines is 2. The maximum Gasteiger partial charge on any atom is 0.233 e. The number of pyridine rings is 1.